The molecule has 3 aromatic rings. The zero-order valence-electron chi connectivity index (χ0n) is 12.6. The van der Waals surface area contributed by atoms with Gasteiger partial charge in [0.1, 0.15) is 0 Å². The molecule has 23 heavy (non-hydrogen) atoms. The van der Waals surface area contributed by atoms with Gasteiger partial charge in [-0.25, -0.2) is 4.98 Å². The quantitative estimate of drug-likeness (QED) is 0.692. The topological polar surface area (TPSA) is 86.9 Å². The van der Waals surface area contributed by atoms with Crippen molar-refractivity contribution < 1.29 is 9.59 Å². The van der Waals surface area contributed by atoms with E-state index in [1.54, 1.807) is 31.2 Å². The van der Waals surface area contributed by atoms with Crippen molar-refractivity contribution in [3.63, 3.8) is 0 Å². The third-order valence-corrected chi connectivity index (χ3v) is 3.35. The average Bonchev–Trinajstić information content (AvgIpc) is 2.97. The van der Waals surface area contributed by atoms with Crippen LogP contribution in [0, 0.1) is 0 Å². The molecule has 2 amide bonds. The second-order valence-electron chi connectivity index (χ2n) is 5.04. The number of hydrogen-bond acceptors (Lipinski definition) is 3. The van der Waals surface area contributed by atoms with Crippen molar-refractivity contribution in [2.45, 2.75) is 13.3 Å². The van der Waals surface area contributed by atoms with Gasteiger partial charge in [-0.15, -0.1) is 0 Å². The summed E-state index contributed by atoms with van der Waals surface area (Å²) in [5, 5.41) is 5.45. The predicted molar refractivity (Wildman–Crippen MR) is 89.4 cm³/mol. The Kier molecular flexibility index (Phi) is 4.05. The number of carbonyl (C=O) groups is 2. The monoisotopic (exact) mass is 308 g/mol. The fraction of sp³-hybridized carbons (Fsp3) is 0.118. The van der Waals surface area contributed by atoms with Crippen LogP contribution in [-0.4, -0.2) is 21.8 Å². The molecular formula is C17H16N4O2. The number of aromatic amines is 1. The summed E-state index contributed by atoms with van der Waals surface area (Å²) in [7, 11) is 0. The fourth-order valence-electron chi connectivity index (χ4n) is 2.18. The van der Waals surface area contributed by atoms with Crippen LogP contribution in [0.1, 0.15) is 23.7 Å². The number of hydrogen-bond donors (Lipinski definition) is 3. The number of carbonyl (C=O) groups excluding carboxylic acids is 2. The van der Waals surface area contributed by atoms with E-state index in [4.69, 9.17) is 0 Å². The van der Waals surface area contributed by atoms with Crippen molar-refractivity contribution in [1.29, 1.82) is 0 Å². The highest BCUT2D eigenvalue weighted by atomic mass is 16.2. The van der Waals surface area contributed by atoms with Crippen LogP contribution in [-0.2, 0) is 4.79 Å². The maximum atomic E-state index is 12.3. The van der Waals surface area contributed by atoms with Crippen molar-refractivity contribution in [2.24, 2.45) is 0 Å². The summed E-state index contributed by atoms with van der Waals surface area (Å²) < 4.78 is 0. The van der Waals surface area contributed by atoms with Crippen LogP contribution >= 0.6 is 0 Å². The molecule has 0 atom stereocenters. The summed E-state index contributed by atoms with van der Waals surface area (Å²) in [6, 6.07) is 14.3. The summed E-state index contributed by atoms with van der Waals surface area (Å²) in [4.78, 5) is 31.1. The molecule has 0 saturated carbocycles. The largest absolute Gasteiger partial charge is 0.326 e. The lowest BCUT2D eigenvalue weighted by Gasteiger charge is -2.06. The first-order chi connectivity index (χ1) is 11.2. The SMILES string of the molecule is CCC(=O)Nc1cccc(C(=O)Nc2nc3ccccc3[nH]2)c1. The van der Waals surface area contributed by atoms with Gasteiger partial charge < -0.3 is 10.3 Å². The van der Waals surface area contributed by atoms with Crippen molar-refractivity contribution in [1.82, 2.24) is 9.97 Å². The fourth-order valence-corrected chi connectivity index (χ4v) is 2.18. The van der Waals surface area contributed by atoms with Crippen LogP contribution in [0.2, 0.25) is 0 Å². The van der Waals surface area contributed by atoms with E-state index in [1.165, 1.54) is 0 Å². The molecule has 116 valence electrons. The molecule has 1 aromatic heterocycles. The Morgan fingerprint density at radius 3 is 2.70 bits per heavy atom. The van der Waals surface area contributed by atoms with Crippen LogP contribution in [0.3, 0.4) is 0 Å². The summed E-state index contributed by atoms with van der Waals surface area (Å²) >= 11 is 0. The molecule has 0 aliphatic heterocycles. The molecule has 0 radical (unpaired) electrons. The number of nitrogens with zero attached hydrogens (tertiary/aromatic N) is 1. The van der Waals surface area contributed by atoms with E-state index in [0.717, 1.165) is 11.0 Å². The summed E-state index contributed by atoms with van der Waals surface area (Å²) in [5.41, 5.74) is 2.67. The van der Waals surface area contributed by atoms with Crippen molar-refractivity contribution in [3.05, 3.63) is 54.1 Å². The molecule has 6 heteroatoms. The lowest BCUT2D eigenvalue weighted by molar-refractivity contribution is -0.115. The molecular weight excluding hydrogens is 292 g/mol. The third kappa shape index (κ3) is 3.37. The Morgan fingerprint density at radius 2 is 1.91 bits per heavy atom. The van der Waals surface area contributed by atoms with Gasteiger partial charge in [0.15, 0.2) is 0 Å². The third-order valence-electron chi connectivity index (χ3n) is 3.35. The minimum Gasteiger partial charge on any atom is -0.326 e. The Hall–Kier alpha value is -3.15. The maximum Gasteiger partial charge on any atom is 0.258 e. The van der Waals surface area contributed by atoms with Gasteiger partial charge in [0.2, 0.25) is 11.9 Å². The minimum absolute atomic E-state index is 0.0974. The number of aromatic nitrogens is 2. The van der Waals surface area contributed by atoms with Crippen molar-refractivity contribution in [3.8, 4) is 0 Å². The highest BCUT2D eigenvalue weighted by Crippen LogP contribution is 2.16. The summed E-state index contributed by atoms with van der Waals surface area (Å²) in [5.74, 6) is -0.00399. The smallest absolute Gasteiger partial charge is 0.258 e. The van der Waals surface area contributed by atoms with Gasteiger partial charge in [-0.1, -0.05) is 25.1 Å². The van der Waals surface area contributed by atoms with Crippen LogP contribution in [0.15, 0.2) is 48.5 Å². The predicted octanol–water partition coefficient (Wildman–Crippen LogP) is 3.16. The van der Waals surface area contributed by atoms with Gasteiger partial charge in [0.05, 0.1) is 11.0 Å². The minimum atomic E-state index is -0.295. The number of fused-ring (bicyclic) bond motifs is 1. The molecule has 0 saturated heterocycles. The Labute approximate surface area is 132 Å². The van der Waals surface area contributed by atoms with Gasteiger partial charge >= 0.3 is 0 Å². The summed E-state index contributed by atoms with van der Waals surface area (Å²) in [6.45, 7) is 1.77. The molecule has 6 nitrogen and oxygen atoms in total. The van der Waals surface area contributed by atoms with Crippen LogP contribution in [0.5, 0.6) is 0 Å². The average molecular weight is 308 g/mol. The highest BCUT2D eigenvalue weighted by molar-refractivity contribution is 6.05. The Bertz CT molecular complexity index is 837. The van der Waals surface area contributed by atoms with E-state index in [1.807, 2.05) is 24.3 Å². The van der Waals surface area contributed by atoms with E-state index < -0.39 is 0 Å². The number of imidazole rings is 1. The number of anilines is 2. The van der Waals surface area contributed by atoms with E-state index in [0.29, 0.717) is 23.6 Å². The van der Waals surface area contributed by atoms with Crippen molar-refractivity contribution >= 4 is 34.5 Å². The van der Waals surface area contributed by atoms with Gasteiger partial charge in [-0.2, -0.15) is 0 Å². The normalized spacial score (nSPS) is 10.5. The van der Waals surface area contributed by atoms with Gasteiger partial charge in [-0.3, -0.25) is 14.9 Å². The maximum absolute atomic E-state index is 12.3. The van der Waals surface area contributed by atoms with Gasteiger partial charge in [0, 0.05) is 17.7 Å². The number of H-pyrrole nitrogens is 1. The molecule has 0 unspecified atom stereocenters. The van der Waals surface area contributed by atoms with Gasteiger partial charge in [-0.05, 0) is 30.3 Å². The molecule has 1 heterocycles. The number of benzene rings is 2. The highest BCUT2D eigenvalue weighted by Gasteiger charge is 2.10. The van der Waals surface area contributed by atoms with Crippen LogP contribution in [0.25, 0.3) is 11.0 Å². The lowest BCUT2D eigenvalue weighted by atomic mass is 10.2. The molecule has 0 bridgehead atoms. The van der Waals surface area contributed by atoms with E-state index in [2.05, 4.69) is 20.6 Å². The molecule has 3 rings (SSSR count). The lowest BCUT2D eigenvalue weighted by Crippen LogP contribution is -2.14. The number of amides is 2. The Balaban J connectivity index is 1.77. The van der Waals surface area contributed by atoms with Crippen LogP contribution < -0.4 is 10.6 Å². The molecule has 0 fully saturated rings. The number of rotatable bonds is 4. The molecule has 0 aliphatic rings. The molecule has 0 aliphatic carbocycles. The van der Waals surface area contributed by atoms with E-state index >= 15 is 0 Å². The zero-order valence-corrected chi connectivity index (χ0v) is 12.6. The van der Waals surface area contributed by atoms with Crippen LogP contribution in [0.4, 0.5) is 11.6 Å². The zero-order chi connectivity index (χ0) is 16.2. The molecule has 3 N–H and O–H groups in total. The molecule has 2 aromatic carbocycles. The second kappa shape index (κ2) is 6.31. The van der Waals surface area contributed by atoms with Gasteiger partial charge in [0.25, 0.3) is 5.91 Å². The number of nitrogens with one attached hydrogen (secondary N) is 3. The first kappa shape index (κ1) is 14.8. The van der Waals surface area contributed by atoms with E-state index in [-0.39, 0.29) is 11.8 Å². The van der Waals surface area contributed by atoms with Crippen molar-refractivity contribution in [2.75, 3.05) is 10.6 Å². The van der Waals surface area contributed by atoms with E-state index in [9.17, 15) is 9.59 Å². The first-order valence-electron chi connectivity index (χ1n) is 7.31. The second-order valence-corrected chi connectivity index (χ2v) is 5.04. The standard InChI is InChI=1S/C17H16N4O2/c1-2-15(22)18-12-7-5-6-11(10-12)16(23)21-17-19-13-8-3-4-9-14(13)20-17/h3-10H,2H2,1H3,(H,18,22)(H2,19,20,21,23). The molecule has 0 spiro atoms. The Morgan fingerprint density at radius 1 is 1.09 bits per heavy atom. The number of para-hydroxylation sites is 2. The summed E-state index contributed by atoms with van der Waals surface area (Å²) in [6.07, 6.45) is 0.384. The first-order valence-corrected chi connectivity index (χ1v) is 7.31.